The lowest BCUT2D eigenvalue weighted by Gasteiger charge is -2.15. The molecule has 2 rings (SSSR count). The van der Waals surface area contributed by atoms with Crippen molar-refractivity contribution in [2.24, 2.45) is 10.9 Å². The molecule has 0 saturated carbocycles. The predicted molar refractivity (Wildman–Crippen MR) is 118 cm³/mol. The van der Waals surface area contributed by atoms with Crippen LogP contribution in [-0.4, -0.2) is 28.6 Å². The molecule has 0 amide bonds. The van der Waals surface area contributed by atoms with E-state index in [9.17, 15) is 0 Å². The van der Waals surface area contributed by atoms with Crippen molar-refractivity contribution in [2.45, 2.75) is 46.7 Å². The van der Waals surface area contributed by atoms with Gasteiger partial charge in [-0.05, 0) is 24.3 Å². The second-order valence-corrected chi connectivity index (χ2v) is 7.36. The summed E-state index contributed by atoms with van der Waals surface area (Å²) in [6, 6.07) is 4.29. The summed E-state index contributed by atoms with van der Waals surface area (Å²) in [5, 5.41) is 8.88. The lowest BCUT2D eigenvalue weighted by molar-refractivity contribution is 0.507. The number of guanidine groups is 1. The smallest absolute Gasteiger partial charge is 0.191 e. The number of imidazole rings is 1. The molecule has 2 N–H and O–H groups in total. The molecule has 1 atom stereocenters. The summed E-state index contributed by atoms with van der Waals surface area (Å²) in [6.07, 6.45) is 3.89. The van der Waals surface area contributed by atoms with Crippen LogP contribution in [0.5, 0.6) is 0 Å². The number of aromatic nitrogens is 2. The van der Waals surface area contributed by atoms with Crippen LogP contribution in [0.3, 0.4) is 0 Å². The number of halogens is 1. The lowest BCUT2D eigenvalue weighted by atomic mass is 10.1. The van der Waals surface area contributed by atoms with Crippen molar-refractivity contribution in [3.05, 3.63) is 40.6 Å². The van der Waals surface area contributed by atoms with E-state index < -0.39 is 0 Å². The van der Waals surface area contributed by atoms with Crippen LogP contribution in [0.1, 0.15) is 44.3 Å². The van der Waals surface area contributed by atoms with Crippen molar-refractivity contribution in [3.63, 3.8) is 0 Å². The molecule has 140 valence electrons. The van der Waals surface area contributed by atoms with Crippen LogP contribution >= 0.6 is 35.3 Å². The molecule has 0 aliphatic rings. The number of hydrogen-bond acceptors (Lipinski definition) is 3. The molecule has 5 nitrogen and oxygen atoms in total. The molecule has 0 aliphatic heterocycles. The number of thiophene rings is 1. The minimum atomic E-state index is 0. The summed E-state index contributed by atoms with van der Waals surface area (Å²) in [4.78, 5) is 10.5. The van der Waals surface area contributed by atoms with Gasteiger partial charge in [-0.2, -0.15) is 0 Å². The highest BCUT2D eigenvalue weighted by Crippen LogP contribution is 2.19. The summed E-state index contributed by atoms with van der Waals surface area (Å²) < 4.78 is 2.19. The van der Waals surface area contributed by atoms with Gasteiger partial charge in [-0.25, -0.2) is 9.98 Å². The molecule has 2 heterocycles. The van der Waals surface area contributed by atoms with Crippen molar-refractivity contribution in [1.29, 1.82) is 0 Å². The van der Waals surface area contributed by atoms with Gasteiger partial charge < -0.3 is 15.2 Å². The normalized spacial score (nSPS) is 12.8. The molecule has 2 aromatic rings. The SMILES string of the molecule is CCNC(=NCc1nccn1CC(C)C)NCC(C)c1cccs1.I. The average Bonchev–Trinajstić information content (AvgIpc) is 3.21. The zero-order valence-electron chi connectivity index (χ0n) is 15.5. The molecule has 7 heteroatoms. The number of nitrogens with zero attached hydrogens (tertiary/aromatic N) is 3. The van der Waals surface area contributed by atoms with E-state index in [2.05, 4.69) is 65.4 Å². The van der Waals surface area contributed by atoms with Gasteiger partial charge in [0.2, 0.25) is 0 Å². The van der Waals surface area contributed by atoms with E-state index in [1.54, 1.807) is 11.3 Å². The first-order valence-electron chi connectivity index (χ1n) is 8.65. The number of aliphatic imine (C=N–C) groups is 1. The topological polar surface area (TPSA) is 54.2 Å². The largest absolute Gasteiger partial charge is 0.357 e. The Morgan fingerprint density at radius 3 is 2.76 bits per heavy atom. The van der Waals surface area contributed by atoms with E-state index in [-0.39, 0.29) is 24.0 Å². The number of hydrogen-bond donors (Lipinski definition) is 2. The van der Waals surface area contributed by atoms with Gasteiger partial charge >= 0.3 is 0 Å². The van der Waals surface area contributed by atoms with Gasteiger partial charge in [0.15, 0.2) is 5.96 Å². The minimum absolute atomic E-state index is 0. The van der Waals surface area contributed by atoms with Gasteiger partial charge in [0, 0.05) is 42.8 Å². The maximum Gasteiger partial charge on any atom is 0.191 e. The Bertz CT molecular complexity index is 621. The van der Waals surface area contributed by atoms with Crippen molar-refractivity contribution in [3.8, 4) is 0 Å². The fourth-order valence-electron chi connectivity index (χ4n) is 2.46. The summed E-state index contributed by atoms with van der Waals surface area (Å²) in [7, 11) is 0. The molecule has 2 aromatic heterocycles. The molecule has 0 aliphatic carbocycles. The van der Waals surface area contributed by atoms with Gasteiger partial charge in [0.25, 0.3) is 0 Å². The summed E-state index contributed by atoms with van der Waals surface area (Å²) in [5.41, 5.74) is 0. The van der Waals surface area contributed by atoms with Crippen molar-refractivity contribution in [2.75, 3.05) is 13.1 Å². The van der Waals surface area contributed by atoms with E-state index in [0.29, 0.717) is 18.4 Å². The molecular formula is C18H30IN5S. The van der Waals surface area contributed by atoms with Crippen molar-refractivity contribution >= 4 is 41.3 Å². The molecule has 0 bridgehead atoms. The summed E-state index contributed by atoms with van der Waals surface area (Å²) in [5.74, 6) is 2.92. The molecule has 25 heavy (non-hydrogen) atoms. The van der Waals surface area contributed by atoms with E-state index >= 15 is 0 Å². The van der Waals surface area contributed by atoms with Crippen molar-refractivity contribution < 1.29 is 0 Å². The van der Waals surface area contributed by atoms with E-state index in [4.69, 9.17) is 4.99 Å². The zero-order chi connectivity index (χ0) is 17.4. The maximum absolute atomic E-state index is 4.69. The minimum Gasteiger partial charge on any atom is -0.357 e. The third kappa shape index (κ3) is 7.35. The molecule has 0 aromatic carbocycles. The second-order valence-electron chi connectivity index (χ2n) is 6.38. The van der Waals surface area contributed by atoms with Crippen molar-refractivity contribution in [1.82, 2.24) is 20.2 Å². The Labute approximate surface area is 172 Å². The highest BCUT2D eigenvalue weighted by Gasteiger charge is 2.08. The van der Waals surface area contributed by atoms with E-state index in [1.807, 2.05) is 12.4 Å². The highest BCUT2D eigenvalue weighted by molar-refractivity contribution is 14.0. The van der Waals surface area contributed by atoms with Crippen LogP contribution < -0.4 is 10.6 Å². The van der Waals surface area contributed by atoms with Gasteiger partial charge in [-0.3, -0.25) is 0 Å². The molecule has 0 radical (unpaired) electrons. The first-order chi connectivity index (χ1) is 11.6. The van der Waals surface area contributed by atoms with Crippen LogP contribution in [0.2, 0.25) is 0 Å². The van der Waals surface area contributed by atoms with Gasteiger partial charge in [-0.15, -0.1) is 35.3 Å². The summed E-state index contributed by atoms with van der Waals surface area (Å²) in [6.45, 7) is 12.0. The Kier molecular flexibility index (Phi) is 10.1. The number of rotatable bonds is 8. The third-order valence-corrected chi connectivity index (χ3v) is 4.79. The second kappa shape index (κ2) is 11.5. The fraction of sp³-hybridized carbons (Fsp3) is 0.556. The number of nitrogens with one attached hydrogen (secondary N) is 2. The van der Waals surface area contributed by atoms with Crippen LogP contribution in [0.4, 0.5) is 0 Å². The summed E-state index contributed by atoms with van der Waals surface area (Å²) >= 11 is 1.80. The fourth-order valence-corrected chi connectivity index (χ4v) is 3.25. The molecule has 0 fully saturated rings. The maximum atomic E-state index is 4.69. The van der Waals surface area contributed by atoms with Gasteiger partial charge in [0.1, 0.15) is 12.4 Å². The molecule has 1 unspecified atom stereocenters. The zero-order valence-corrected chi connectivity index (χ0v) is 18.7. The van der Waals surface area contributed by atoms with Crippen LogP contribution in [-0.2, 0) is 13.1 Å². The predicted octanol–water partition coefficient (Wildman–Crippen LogP) is 4.08. The highest BCUT2D eigenvalue weighted by atomic mass is 127. The van der Waals surface area contributed by atoms with Gasteiger partial charge in [0.05, 0.1) is 0 Å². The van der Waals surface area contributed by atoms with E-state index in [0.717, 1.165) is 31.4 Å². The Hall–Kier alpha value is -1.09. The molecule has 0 saturated heterocycles. The Morgan fingerprint density at radius 1 is 1.32 bits per heavy atom. The Morgan fingerprint density at radius 2 is 2.12 bits per heavy atom. The Balaban J connectivity index is 0.00000312. The molecule has 0 spiro atoms. The quantitative estimate of drug-likeness (QED) is 0.344. The standard InChI is InChI=1S/C18H29N5S.HI/c1-5-19-18(21-11-15(4)16-7-6-10-24-16)22-12-17-20-8-9-23(17)13-14(2)3;/h6-10,14-15H,5,11-13H2,1-4H3,(H2,19,21,22);1H. The lowest BCUT2D eigenvalue weighted by Crippen LogP contribution is -2.39. The van der Waals surface area contributed by atoms with Crippen LogP contribution in [0, 0.1) is 5.92 Å². The first-order valence-corrected chi connectivity index (χ1v) is 9.53. The monoisotopic (exact) mass is 475 g/mol. The van der Waals surface area contributed by atoms with Crippen LogP contribution in [0.25, 0.3) is 0 Å². The van der Waals surface area contributed by atoms with E-state index in [1.165, 1.54) is 4.88 Å². The molecular weight excluding hydrogens is 445 g/mol. The first kappa shape index (κ1) is 22.0. The average molecular weight is 475 g/mol. The third-order valence-electron chi connectivity index (χ3n) is 3.69. The van der Waals surface area contributed by atoms with Gasteiger partial charge in [-0.1, -0.05) is 26.8 Å². The van der Waals surface area contributed by atoms with Crippen LogP contribution in [0.15, 0.2) is 34.9 Å².